The van der Waals surface area contributed by atoms with Crippen LogP contribution in [0, 0.1) is 0 Å². The maximum Gasteiger partial charge on any atom is 0.251 e. The molecule has 0 radical (unpaired) electrons. The van der Waals surface area contributed by atoms with E-state index in [-0.39, 0.29) is 5.91 Å². The van der Waals surface area contributed by atoms with Crippen LogP contribution in [-0.4, -0.2) is 24.7 Å². The highest BCUT2D eigenvalue weighted by Crippen LogP contribution is 2.29. The highest BCUT2D eigenvalue weighted by molar-refractivity contribution is 6.31. The van der Waals surface area contributed by atoms with Crippen LogP contribution < -0.4 is 4.90 Å². The maximum atomic E-state index is 13.0. The van der Waals surface area contributed by atoms with E-state index < -0.39 is 6.04 Å². The summed E-state index contributed by atoms with van der Waals surface area (Å²) in [5, 5.41) is 3.02. The van der Waals surface area contributed by atoms with Gasteiger partial charge in [-0.2, -0.15) is 0 Å². The summed E-state index contributed by atoms with van der Waals surface area (Å²) in [6.07, 6.45) is 0.576. The van der Waals surface area contributed by atoms with Crippen molar-refractivity contribution in [3.8, 4) is 0 Å². The summed E-state index contributed by atoms with van der Waals surface area (Å²) < 4.78 is 0. The van der Waals surface area contributed by atoms with Crippen molar-refractivity contribution in [1.29, 1.82) is 0 Å². The number of nitrogens with zero attached hydrogens (tertiary/aromatic N) is 2. The summed E-state index contributed by atoms with van der Waals surface area (Å²) >= 11 is 6.14. The first-order valence-electron chi connectivity index (χ1n) is 8.62. The van der Waals surface area contributed by atoms with E-state index in [1.165, 1.54) is 10.8 Å². The number of hydrogen-bond donors (Lipinski definition) is 0. The number of aliphatic imine (C=N–C) groups is 1. The molecule has 3 aromatic rings. The van der Waals surface area contributed by atoms with Crippen LogP contribution in [-0.2, 0) is 11.2 Å². The molecule has 0 bridgehead atoms. The molecule has 4 heteroatoms. The van der Waals surface area contributed by atoms with E-state index in [0.29, 0.717) is 11.4 Å². The predicted octanol–water partition coefficient (Wildman–Crippen LogP) is 4.89. The number of carbonyl (C=O) groups excluding carboxylic acids is 1. The van der Waals surface area contributed by atoms with Gasteiger partial charge in [0, 0.05) is 29.8 Å². The molecule has 26 heavy (non-hydrogen) atoms. The fourth-order valence-electron chi connectivity index (χ4n) is 3.51. The topological polar surface area (TPSA) is 32.7 Å². The van der Waals surface area contributed by atoms with E-state index in [9.17, 15) is 4.79 Å². The largest absolute Gasteiger partial charge is 0.313 e. The van der Waals surface area contributed by atoms with Crippen LogP contribution >= 0.6 is 11.6 Å². The second kappa shape index (κ2) is 6.58. The average Bonchev–Trinajstić information content (AvgIpc) is 2.73. The van der Waals surface area contributed by atoms with Gasteiger partial charge in [-0.1, -0.05) is 54.1 Å². The molecule has 4 rings (SSSR count). The Labute approximate surface area is 157 Å². The van der Waals surface area contributed by atoms with Crippen molar-refractivity contribution >= 4 is 39.7 Å². The Balaban J connectivity index is 1.71. The normalized spacial score (nSPS) is 17.0. The van der Waals surface area contributed by atoms with Gasteiger partial charge in [-0.25, -0.2) is 0 Å². The summed E-state index contributed by atoms with van der Waals surface area (Å²) in [4.78, 5) is 19.4. The monoisotopic (exact) mass is 362 g/mol. The van der Waals surface area contributed by atoms with Gasteiger partial charge >= 0.3 is 0 Å². The van der Waals surface area contributed by atoms with Gasteiger partial charge in [0.2, 0.25) is 0 Å². The van der Waals surface area contributed by atoms with E-state index in [0.717, 1.165) is 22.5 Å². The van der Waals surface area contributed by atoms with Gasteiger partial charge in [-0.05, 0) is 41.5 Å². The molecule has 0 spiro atoms. The molecule has 0 aromatic heterocycles. The lowest BCUT2D eigenvalue weighted by Crippen LogP contribution is -2.36. The highest BCUT2D eigenvalue weighted by atomic mass is 35.5. The molecule has 1 aliphatic heterocycles. The lowest BCUT2D eigenvalue weighted by molar-refractivity contribution is -0.119. The maximum absolute atomic E-state index is 13.0. The lowest BCUT2D eigenvalue weighted by Gasteiger charge is -2.20. The molecular weight excluding hydrogens is 344 g/mol. The first kappa shape index (κ1) is 16.8. The number of fused-ring (bicyclic) bond motifs is 2. The van der Waals surface area contributed by atoms with E-state index >= 15 is 0 Å². The van der Waals surface area contributed by atoms with Crippen LogP contribution in [0.5, 0.6) is 0 Å². The molecule has 0 saturated heterocycles. The Morgan fingerprint density at radius 1 is 1.04 bits per heavy atom. The van der Waals surface area contributed by atoms with Crippen LogP contribution in [0.2, 0.25) is 5.02 Å². The van der Waals surface area contributed by atoms with Crippen molar-refractivity contribution in [2.75, 3.05) is 11.9 Å². The smallest absolute Gasteiger partial charge is 0.251 e. The zero-order valence-corrected chi connectivity index (χ0v) is 15.5. The van der Waals surface area contributed by atoms with Crippen LogP contribution in [0.4, 0.5) is 5.69 Å². The number of rotatable bonds is 2. The molecule has 1 aliphatic rings. The minimum absolute atomic E-state index is 0.00131. The first-order valence-corrected chi connectivity index (χ1v) is 9.00. The second-order valence-electron chi connectivity index (χ2n) is 6.67. The summed E-state index contributed by atoms with van der Waals surface area (Å²) in [5.41, 5.74) is 3.71. The average molecular weight is 363 g/mol. The number of halogens is 1. The van der Waals surface area contributed by atoms with Crippen LogP contribution in [0.3, 0.4) is 0 Å². The van der Waals surface area contributed by atoms with Gasteiger partial charge < -0.3 is 4.90 Å². The number of amides is 1. The van der Waals surface area contributed by atoms with Gasteiger partial charge in [0.05, 0.1) is 5.69 Å². The minimum atomic E-state index is -0.438. The SMILES string of the molecule is CC1=NC(Cc2ccc3ccccc3c2)C(=O)N(C)c2ccc(Cl)cc21. The Morgan fingerprint density at radius 2 is 1.81 bits per heavy atom. The fraction of sp³-hybridized carbons (Fsp3) is 0.182. The van der Waals surface area contributed by atoms with Crippen molar-refractivity contribution in [2.24, 2.45) is 4.99 Å². The lowest BCUT2D eigenvalue weighted by atomic mass is 10.0. The quantitative estimate of drug-likeness (QED) is 0.638. The van der Waals surface area contributed by atoms with Crippen molar-refractivity contribution < 1.29 is 4.79 Å². The molecule has 3 nitrogen and oxygen atoms in total. The third-order valence-electron chi connectivity index (χ3n) is 4.92. The number of benzene rings is 3. The Hall–Kier alpha value is -2.65. The molecule has 0 saturated carbocycles. The predicted molar refractivity (Wildman–Crippen MR) is 109 cm³/mol. The number of benzodiazepines with no additional fused rings is 1. The number of carbonyl (C=O) groups is 1. The van der Waals surface area contributed by atoms with E-state index in [4.69, 9.17) is 16.6 Å². The Kier molecular flexibility index (Phi) is 4.25. The van der Waals surface area contributed by atoms with Crippen LogP contribution in [0.15, 0.2) is 65.7 Å². The van der Waals surface area contributed by atoms with Crippen LogP contribution in [0.25, 0.3) is 10.8 Å². The standard InChI is InChI=1S/C22H19ClN2O/c1-14-19-13-18(23)9-10-21(19)25(2)22(26)20(24-14)12-15-7-8-16-5-3-4-6-17(16)11-15/h3-11,13,20H,12H2,1-2H3. The molecular formula is C22H19ClN2O. The summed E-state index contributed by atoms with van der Waals surface area (Å²) in [6.45, 7) is 1.94. The minimum Gasteiger partial charge on any atom is -0.313 e. The first-order chi connectivity index (χ1) is 12.5. The van der Waals surface area contributed by atoms with Crippen molar-refractivity contribution in [3.63, 3.8) is 0 Å². The summed E-state index contributed by atoms with van der Waals surface area (Å²) in [6, 6.07) is 19.7. The molecule has 1 unspecified atom stereocenters. The number of hydrogen-bond acceptors (Lipinski definition) is 2. The zero-order chi connectivity index (χ0) is 18.3. The molecule has 0 N–H and O–H groups in total. The molecule has 130 valence electrons. The third kappa shape index (κ3) is 2.99. The van der Waals surface area contributed by atoms with E-state index in [2.05, 4.69) is 30.3 Å². The molecule has 0 aliphatic carbocycles. The zero-order valence-electron chi connectivity index (χ0n) is 14.7. The van der Waals surface area contributed by atoms with E-state index in [1.54, 1.807) is 18.0 Å². The Morgan fingerprint density at radius 3 is 2.62 bits per heavy atom. The molecule has 1 amide bonds. The molecule has 0 fully saturated rings. The molecule has 1 atom stereocenters. The number of likely N-dealkylation sites (N-methyl/N-ethyl adjacent to an activating group) is 1. The van der Waals surface area contributed by atoms with Gasteiger partial charge in [0.15, 0.2) is 0 Å². The van der Waals surface area contributed by atoms with Gasteiger partial charge in [0.25, 0.3) is 5.91 Å². The number of anilines is 1. The highest BCUT2D eigenvalue weighted by Gasteiger charge is 2.28. The van der Waals surface area contributed by atoms with Gasteiger partial charge in [-0.3, -0.25) is 9.79 Å². The van der Waals surface area contributed by atoms with Gasteiger partial charge in [0.1, 0.15) is 6.04 Å². The second-order valence-corrected chi connectivity index (χ2v) is 7.11. The van der Waals surface area contributed by atoms with Crippen molar-refractivity contribution in [3.05, 3.63) is 76.8 Å². The van der Waals surface area contributed by atoms with Crippen molar-refractivity contribution in [2.45, 2.75) is 19.4 Å². The van der Waals surface area contributed by atoms with Crippen molar-refractivity contribution in [1.82, 2.24) is 0 Å². The Bertz CT molecular complexity index is 1040. The molecule has 1 heterocycles. The van der Waals surface area contributed by atoms with Gasteiger partial charge in [-0.15, -0.1) is 0 Å². The fourth-order valence-corrected chi connectivity index (χ4v) is 3.69. The van der Waals surface area contributed by atoms with Crippen LogP contribution in [0.1, 0.15) is 18.1 Å². The summed E-state index contributed by atoms with van der Waals surface area (Å²) in [5.74, 6) is -0.00131. The third-order valence-corrected chi connectivity index (χ3v) is 5.15. The van der Waals surface area contributed by atoms with E-state index in [1.807, 2.05) is 31.2 Å². The summed E-state index contributed by atoms with van der Waals surface area (Å²) in [7, 11) is 1.80. The molecule has 3 aromatic carbocycles.